The lowest BCUT2D eigenvalue weighted by molar-refractivity contribution is 0.0692. The number of nitrogens with one attached hydrogen (secondary N) is 1. The van der Waals surface area contributed by atoms with Crippen LogP contribution < -0.4 is 4.72 Å². The third-order valence-corrected chi connectivity index (χ3v) is 4.37. The molecule has 100 valence electrons. The molecule has 0 aliphatic heterocycles. The van der Waals surface area contributed by atoms with Gasteiger partial charge in [0.1, 0.15) is 5.82 Å². The van der Waals surface area contributed by atoms with Gasteiger partial charge in [0.05, 0.1) is 10.3 Å². The number of halogens is 1. The van der Waals surface area contributed by atoms with Crippen LogP contribution in [0.25, 0.3) is 0 Å². The van der Waals surface area contributed by atoms with Gasteiger partial charge in [0.2, 0.25) is 10.0 Å². The molecule has 0 amide bonds. The van der Waals surface area contributed by atoms with Crippen LogP contribution in [0.15, 0.2) is 18.2 Å². The average Bonchev–Trinajstić information content (AvgIpc) is 2.18. The third-order valence-electron chi connectivity index (χ3n) is 2.26. The molecule has 0 fully saturated rings. The topological polar surface area (TPSA) is 83.5 Å². The molecule has 0 saturated heterocycles. The van der Waals surface area contributed by atoms with Gasteiger partial charge in [0.25, 0.3) is 0 Å². The second-order valence-corrected chi connectivity index (χ2v) is 7.15. The SMILES string of the molecule is CC(C)(C)S(=O)(=O)Nc1ccc(F)c(C(=O)O)c1. The molecule has 0 atom stereocenters. The summed E-state index contributed by atoms with van der Waals surface area (Å²) in [6.45, 7) is 4.49. The van der Waals surface area contributed by atoms with Crippen LogP contribution in [0.2, 0.25) is 0 Å². The van der Waals surface area contributed by atoms with E-state index in [2.05, 4.69) is 4.72 Å². The molecule has 0 radical (unpaired) electrons. The first-order valence-electron chi connectivity index (χ1n) is 5.10. The molecule has 18 heavy (non-hydrogen) atoms. The highest BCUT2D eigenvalue weighted by Gasteiger charge is 2.29. The van der Waals surface area contributed by atoms with Gasteiger partial charge in [-0.1, -0.05) is 0 Å². The smallest absolute Gasteiger partial charge is 0.338 e. The molecule has 7 heteroatoms. The zero-order valence-electron chi connectivity index (χ0n) is 10.2. The van der Waals surface area contributed by atoms with Crippen LogP contribution in [0.3, 0.4) is 0 Å². The minimum Gasteiger partial charge on any atom is -0.478 e. The highest BCUT2D eigenvalue weighted by molar-refractivity contribution is 7.94. The summed E-state index contributed by atoms with van der Waals surface area (Å²) in [5.74, 6) is -2.37. The highest BCUT2D eigenvalue weighted by Crippen LogP contribution is 2.21. The summed E-state index contributed by atoms with van der Waals surface area (Å²) in [4.78, 5) is 10.7. The zero-order valence-corrected chi connectivity index (χ0v) is 11.0. The predicted octanol–water partition coefficient (Wildman–Crippen LogP) is 2.06. The van der Waals surface area contributed by atoms with Gasteiger partial charge < -0.3 is 5.11 Å². The summed E-state index contributed by atoms with van der Waals surface area (Å²) >= 11 is 0. The van der Waals surface area contributed by atoms with Crippen molar-refractivity contribution in [2.24, 2.45) is 0 Å². The molecular weight excluding hydrogens is 261 g/mol. The fraction of sp³-hybridized carbons (Fsp3) is 0.364. The second kappa shape index (κ2) is 4.56. The molecule has 1 aromatic rings. The highest BCUT2D eigenvalue weighted by atomic mass is 32.2. The van der Waals surface area contributed by atoms with Gasteiger partial charge in [-0.25, -0.2) is 17.6 Å². The van der Waals surface area contributed by atoms with E-state index in [1.165, 1.54) is 26.8 Å². The number of hydrogen-bond donors (Lipinski definition) is 2. The van der Waals surface area contributed by atoms with E-state index >= 15 is 0 Å². The fourth-order valence-electron chi connectivity index (χ4n) is 1.06. The minimum absolute atomic E-state index is 0.0173. The molecule has 0 aromatic heterocycles. The lowest BCUT2D eigenvalue weighted by Crippen LogP contribution is -2.33. The molecule has 0 aliphatic rings. The Balaban J connectivity index is 3.15. The van der Waals surface area contributed by atoms with Crippen molar-refractivity contribution in [3.63, 3.8) is 0 Å². The maximum Gasteiger partial charge on any atom is 0.338 e. The number of carbonyl (C=O) groups is 1. The Hall–Kier alpha value is -1.63. The standard InChI is InChI=1S/C11H14FNO4S/c1-11(2,3)18(16,17)13-7-4-5-9(12)8(6-7)10(14)15/h4-6,13H,1-3H3,(H,14,15). The summed E-state index contributed by atoms with van der Waals surface area (Å²) in [6, 6.07) is 3.02. The summed E-state index contributed by atoms with van der Waals surface area (Å²) < 4.78 is 38.0. The Kier molecular flexibility index (Phi) is 3.66. The van der Waals surface area contributed by atoms with Crippen LogP contribution in [0, 0.1) is 5.82 Å². The second-order valence-electron chi connectivity index (χ2n) is 4.72. The molecule has 2 N–H and O–H groups in total. The van der Waals surface area contributed by atoms with E-state index in [9.17, 15) is 17.6 Å². The first-order valence-corrected chi connectivity index (χ1v) is 6.58. The third kappa shape index (κ3) is 2.98. The Labute approximate surface area is 105 Å². The number of hydrogen-bond acceptors (Lipinski definition) is 3. The van der Waals surface area contributed by atoms with Crippen LogP contribution >= 0.6 is 0 Å². The molecule has 0 unspecified atom stereocenters. The van der Waals surface area contributed by atoms with Gasteiger partial charge in [-0.15, -0.1) is 0 Å². The number of anilines is 1. The molecule has 0 bridgehead atoms. The van der Waals surface area contributed by atoms with Crippen molar-refractivity contribution in [2.45, 2.75) is 25.5 Å². The van der Waals surface area contributed by atoms with Crippen molar-refractivity contribution in [1.82, 2.24) is 0 Å². The van der Waals surface area contributed by atoms with Crippen LogP contribution in [0.5, 0.6) is 0 Å². The number of benzene rings is 1. The summed E-state index contributed by atoms with van der Waals surface area (Å²) in [6.07, 6.45) is 0. The molecule has 1 aromatic carbocycles. The van der Waals surface area contributed by atoms with Crippen molar-refractivity contribution in [1.29, 1.82) is 0 Å². The van der Waals surface area contributed by atoms with E-state index in [0.29, 0.717) is 0 Å². The van der Waals surface area contributed by atoms with E-state index in [0.717, 1.165) is 12.1 Å². The lowest BCUT2D eigenvalue weighted by atomic mass is 10.2. The molecule has 0 saturated carbocycles. The monoisotopic (exact) mass is 275 g/mol. The lowest BCUT2D eigenvalue weighted by Gasteiger charge is -2.20. The van der Waals surface area contributed by atoms with Crippen molar-refractivity contribution >= 4 is 21.7 Å². The van der Waals surface area contributed by atoms with Gasteiger partial charge in [-0.3, -0.25) is 4.72 Å². The molecule has 0 aliphatic carbocycles. The Morgan fingerprint density at radius 1 is 1.33 bits per heavy atom. The quantitative estimate of drug-likeness (QED) is 0.884. The summed E-state index contributed by atoms with van der Waals surface area (Å²) in [5, 5.41) is 8.73. The van der Waals surface area contributed by atoms with Crippen LogP contribution in [0.4, 0.5) is 10.1 Å². The van der Waals surface area contributed by atoms with Gasteiger partial charge in [-0.2, -0.15) is 0 Å². The first kappa shape index (κ1) is 14.4. The van der Waals surface area contributed by atoms with Crippen molar-refractivity contribution < 1.29 is 22.7 Å². The number of carboxylic acids is 1. The molecular formula is C11H14FNO4S. The number of carboxylic acid groups (broad SMARTS) is 1. The van der Waals surface area contributed by atoms with Gasteiger partial charge in [0, 0.05) is 5.69 Å². The Bertz CT molecular complexity index is 575. The number of sulfonamides is 1. The van der Waals surface area contributed by atoms with Gasteiger partial charge >= 0.3 is 5.97 Å². The Morgan fingerprint density at radius 3 is 2.33 bits per heavy atom. The van der Waals surface area contributed by atoms with Crippen molar-refractivity contribution in [3.8, 4) is 0 Å². The van der Waals surface area contributed by atoms with E-state index in [4.69, 9.17) is 5.11 Å². The molecule has 1 rings (SSSR count). The van der Waals surface area contributed by atoms with E-state index < -0.39 is 32.1 Å². The Morgan fingerprint density at radius 2 is 1.89 bits per heavy atom. The average molecular weight is 275 g/mol. The summed E-state index contributed by atoms with van der Waals surface area (Å²) in [7, 11) is -3.67. The maximum atomic E-state index is 13.1. The fourth-order valence-corrected chi connectivity index (χ4v) is 1.80. The van der Waals surface area contributed by atoms with Crippen molar-refractivity contribution in [2.75, 3.05) is 4.72 Å². The predicted molar refractivity (Wildman–Crippen MR) is 65.7 cm³/mol. The van der Waals surface area contributed by atoms with Crippen LogP contribution in [-0.4, -0.2) is 24.2 Å². The van der Waals surface area contributed by atoms with Gasteiger partial charge in [0.15, 0.2) is 0 Å². The zero-order chi connectivity index (χ0) is 14.1. The maximum absolute atomic E-state index is 13.1. The normalized spacial score (nSPS) is 12.2. The first-order chi connectivity index (χ1) is 8.04. The summed E-state index contributed by atoms with van der Waals surface area (Å²) in [5.41, 5.74) is -0.562. The minimum atomic E-state index is -3.67. The van der Waals surface area contributed by atoms with Crippen LogP contribution in [0.1, 0.15) is 31.1 Å². The van der Waals surface area contributed by atoms with Crippen molar-refractivity contribution in [3.05, 3.63) is 29.6 Å². The molecule has 5 nitrogen and oxygen atoms in total. The van der Waals surface area contributed by atoms with Crippen LogP contribution in [-0.2, 0) is 10.0 Å². The largest absolute Gasteiger partial charge is 0.478 e. The van der Waals surface area contributed by atoms with E-state index in [-0.39, 0.29) is 5.69 Å². The van der Waals surface area contributed by atoms with E-state index in [1.807, 2.05) is 0 Å². The molecule has 0 heterocycles. The van der Waals surface area contributed by atoms with E-state index in [1.54, 1.807) is 0 Å². The number of rotatable bonds is 3. The number of aromatic carboxylic acids is 1. The molecule has 0 spiro atoms. The van der Waals surface area contributed by atoms with Gasteiger partial charge in [-0.05, 0) is 39.0 Å².